The third kappa shape index (κ3) is 9.29. The summed E-state index contributed by atoms with van der Waals surface area (Å²) in [5.41, 5.74) is 0.237. The van der Waals surface area contributed by atoms with Crippen molar-refractivity contribution in [2.45, 2.75) is 83.5 Å². The molecule has 4 aliphatic rings. The van der Waals surface area contributed by atoms with Crippen LogP contribution in [0.3, 0.4) is 0 Å². The van der Waals surface area contributed by atoms with Crippen molar-refractivity contribution in [2.24, 2.45) is 0 Å². The number of amides is 2. The fraction of sp³-hybridized carbons (Fsp3) is 0.724. The lowest BCUT2D eigenvalue weighted by atomic mass is 10.0. The Bertz CT molecular complexity index is 985. The monoisotopic (exact) mass is 562 g/mol. The molecule has 4 bridgehead atoms. The number of benzene rings is 1. The zero-order valence-electron chi connectivity index (χ0n) is 24.8. The highest BCUT2D eigenvalue weighted by molar-refractivity contribution is 5.69. The van der Waals surface area contributed by atoms with Crippen molar-refractivity contribution >= 4 is 12.2 Å². The molecule has 4 aliphatic heterocycles. The van der Waals surface area contributed by atoms with Crippen LogP contribution in [-0.4, -0.2) is 115 Å². The molecule has 0 aliphatic carbocycles. The highest BCUT2D eigenvalue weighted by atomic mass is 19.1. The van der Waals surface area contributed by atoms with Gasteiger partial charge in [0.05, 0.1) is 0 Å². The molecule has 4 atom stereocenters. The third-order valence-corrected chi connectivity index (χ3v) is 7.07. The highest BCUT2D eigenvalue weighted by Gasteiger charge is 2.37. The summed E-state index contributed by atoms with van der Waals surface area (Å²) in [5, 5.41) is 10.4. The molecule has 2 amide bonds. The van der Waals surface area contributed by atoms with Crippen molar-refractivity contribution in [3.05, 3.63) is 35.6 Å². The smallest absolute Gasteiger partial charge is 0.410 e. The number of carbonyl (C=O) groups is 2. The molecular weight excluding hydrogens is 515 g/mol. The van der Waals surface area contributed by atoms with E-state index in [0.29, 0.717) is 25.2 Å². The van der Waals surface area contributed by atoms with Crippen LogP contribution in [0.2, 0.25) is 0 Å². The van der Waals surface area contributed by atoms with Gasteiger partial charge < -0.3 is 35.2 Å². The van der Waals surface area contributed by atoms with Crippen LogP contribution in [0.25, 0.3) is 0 Å². The van der Waals surface area contributed by atoms with Gasteiger partial charge in [0.2, 0.25) is 0 Å². The molecule has 1 aromatic rings. The van der Waals surface area contributed by atoms with Crippen molar-refractivity contribution in [1.82, 2.24) is 30.7 Å². The number of hydrogen-bond donors (Lipinski definition) is 3. The standard InChI is InChI=1S/C18H26FN3O2.C11H21N3O2/c1-18(2,3)24-17(23)22-11-15-9-21(10-16(12-22)20-15)8-13-4-6-14(19)7-5-13;1-11(2,3)16-10(15)14-6-8-4-12-5-9(7-14)13-8/h4-7,15-16,20H,8-12H2,1-3H3;8-9,12-13H,4-7H2,1-3H3. The maximum absolute atomic E-state index is 13.0. The van der Waals surface area contributed by atoms with Crippen molar-refractivity contribution < 1.29 is 23.5 Å². The minimum atomic E-state index is -0.467. The first kappa shape index (κ1) is 30.5. The molecule has 4 unspecified atom stereocenters. The van der Waals surface area contributed by atoms with E-state index < -0.39 is 11.2 Å². The quantitative estimate of drug-likeness (QED) is 0.506. The maximum Gasteiger partial charge on any atom is 0.410 e. The maximum atomic E-state index is 13.0. The van der Waals surface area contributed by atoms with E-state index in [-0.39, 0.29) is 30.1 Å². The van der Waals surface area contributed by atoms with Gasteiger partial charge >= 0.3 is 12.2 Å². The second-order valence-electron chi connectivity index (χ2n) is 13.4. The zero-order valence-corrected chi connectivity index (χ0v) is 24.8. The Morgan fingerprint density at radius 3 is 1.62 bits per heavy atom. The van der Waals surface area contributed by atoms with Gasteiger partial charge in [-0.15, -0.1) is 0 Å². The molecule has 40 heavy (non-hydrogen) atoms. The van der Waals surface area contributed by atoms with Gasteiger partial charge in [-0.2, -0.15) is 0 Å². The normalized spacial score (nSPS) is 26.9. The van der Waals surface area contributed by atoms with E-state index in [2.05, 4.69) is 20.9 Å². The Balaban J connectivity index is 0.000000201. The molecule has 10 nitrogen and oxygen atoms in total. The largest absolute Gasteiger partial charge is 0.444 e. The number of hydrogen-bond acceptors (Lipinski definition) is 8. The first-order chi connectivity index (χ1) is 18.7. The van der Waals surface area contributed by atoms with Crippen molar-refractivity contribution in [1.29, 1.82) is 0 Å². The number of ether oxygens (including phenoxy) is 2. The second kappa shape index (κ2) is 12.6. The van der Waals surface area contributed by atoms with Gasteiger partial charge in [0.25, 0.3) is 0 Å². The van der Waals surface area contributed by atoms with E-state index in [0.717, 1.165) is 51.4 Å². The molecular formula is C29H47FN6O4. The Labute approximate surface area is 237 Å². The van der Waals surface area contributed by atoms with Gasteiger partial charge in [-0.25, -0.2) is 14.0 Å². The Hall–Kier alpha value is -2.47. The number of nitrogens with zero attached hydrogens (tertiary/aromatic N) is 3. The number of piperazine rings is 4. The molecule has 224 valence electrons. The molecule has 4 fully saturated rings. The van der Waals surface area contributed by atoms with Gasteiger partial charge in [-0.05, 0) is 59.2 Å². The fourth-order valence-corrected chi connectivity index (χ4v) is 5.62. The molecule has 4 heterocycles. The number of carbonyl (C=O) groups excluding carboxylic acids is 2. The Morgan fingerprint density at radius 1 is 0.750 bits per heavy atom. The first-order valence-electron chi connectivity index (χ1n) is 14.4. The highest BCUT2D eigenvalue weighted by Crippen LogP contribution is 2.19. The van der Waals surface area contributed by atoms with Crippen LogP contribution in [0, 0.1) is 5.82 Å². The lowest BCUT2D eigenvalue weighted by molar-refractivity contribution is 0.00286. The predicted octanol–water partition coefficient (Wildman–Crippen LogP) is 2.39. The van der Waals surface area contributed by atoms with E-state index >= 15 is 0 Å². The number of nitrogens with one attached hydrogen (secondary N) is 3. The van der Waals surface area contributed by atoms with E-state index in [4.69, 9.17) is 9.47 Å². The average molecular weight is 563 g/mol. The van der Waals surface area contributed by atoms with Gasteiger partial charge in [0, 0.05) is 83.1 Å². The lowest BCUT2D eigenvalue weighted by Gasteiger charge is -2.46. The van der Waals surface area contributed by atoms with Gasteiger partial charge in [-0.1, -0.05) is 12.1 Å². The topological polar surface area (TPSA) is 98.4 Å². The fourth-order valence-electron chi connectivity index (χ4n) is 5.62. The minimum Gasteiger partial charge on any atom is -0.444 e. The summed E-state index contributed by atoms with van der Waals surface area (Å²) in [7, 11) is 0. The van der Waals surface area contributed by atoms with Crippen molar-refractivity contribution in [3.8, 4) is 0 Å². The molecule has 0 aromatic heterocycles. The summed E-state index contributed by atoms with van der Waals surface area (Å²) in [4.78, 5) is 30.2. The molecule has 1 aromatic carbocycles. The summed E-state index contributed by atoms with van der Waals surface area (Å²) >= 11 is 0. The summed E-state index contributed by atoms with van der Waals surface area (Å²) < 4.78 is 23.9. The molecule has 4 saturated heterocycles. The summed E-state index contributed by atoms with van der Waals surface area (Å²) in [6.45, 7) is 18.5. The molecule has 11 heteroatoms. The third-order valence-electron chi connectivity index (χ3n) is 7.07. The number of rotatable bonds is 2. The van der Waals surface area contributed by atoms with Gasteiger partial charge in [0.15, 0.2) is 0 Å². The van der Waals surface area contributed by atoms with Crippen LogP contribution in [0.4, 0.5) is 14.0 Å². The van der Waals surface area contributed by atoms with Crippen LogP contribution in [0.5, 0.6) is 0 Å². The van der Waals surface area contributed by atoms with Crippen LogP contribution >= 0.6 is 0 Å². The Morgan fingerprint density at radius 2 is 1.18 bits per heavy atom. The van der Waals surface area contributed by atoms with Crippen molar-refractivity contribution in [2.75, 3.05) is 52.4 Å². The molecule has 0 saturated carbocycles. The SMILES string of the molecule is CC(C)(C)OC(=O)N1CC2CN(Cc3ccc(F)cc3)CC(C1)N2.CC(C)(C)OC(=O)N1CC2CNCC(C1)N2. The van der Waals surface area contributed by atoms with Crippen LogP contribution in [0.1, 0.15) is 47.1 Å². The summed E-state index contributed by atoms with van der Waals surface area (Å²) in [6.07, 6.45) is -0.420. The van der Waals surface area contributed by atoms with Crippen LogP contribution < -0.4 is 16.0 Å². The molecule has 0 spiro atoms. The minimum absolute atomic E-state index is 0.189. The van der Waals surface area contributed by atoms with Crippen LogP contribution in [0.15, 0.2) is 24.3 Å². The van der Waals surface area contributed by atoms with E-state index in [9.17, 15) is 14.0 Å². The summed E-state index contributed by atoms with van der Waals surface area (Å²) in [5.74, 6) is -0.205. The molecule has 0 radical (unpaired) electrons. The van der Waals surface area contributed by atoms with Gasteiger partial charge in [-0.3, -0.25) is 4.90 Å². The lowest BCUT2D eigenvalue weighted by Crippen LogP contribution is -2.67. The second-order valence-corrected chi connectivity index (χ2v) is 13.4. The van der Waals surface area contributed by atoms with Gasteiger partial charge in [0.1, 0.15) is 17.0 Å². The molecule has 5 rings (SSSR count). The predicted molar refractivity (Wildman–Crippen MR) is 152 cm³/mol. The molecule has 3 N–H and O–H groups in total. The van der Waals surface area contributed by atoms with E-state index in [1.807, 2.05) is 63.5 Å². The average Bonchev–Trinajstić information content (AvgIpc) is 2.83. The Kier molecular flexibility index (Phi) is 9.59. The van der Waals surface area contributed by atoms with Crippen molar-refractivity contribution in [3.63, 3.8) is 0 Å². The van der Waals surface area contributed by atoms with Crippen LogP contribution in [-0.2, 0) is 16.0 Å². The van der Waals surface area contributed by atoms with E-state index in [1.165, 1.54) is 12.1 Å². The number of fused-ring (bicyclic) bond motifs is 4. The zero-order chi connectivity index (χ0) is 29.1. The summed E-state index contributed by atoms with van der Waals surface area (Å²) in [6, 6.07) is 7.88. The van der Waals surface area contributed by atoms with E-state index in [1.54, 1.807) is 0 Å². The number of halogens is 1. The first-order valence-corrected chi connectivity index (χ1v) is 14.4.